The van der Waals surface area contributed by atoms with Crippen LogP contribution in [-0.4, -0.2) is 32.9 Å². The fourth-order valence-electron chi connectivity index (χ4n) is 3.20. The molecule has 0 saturated heterocycles. The minimum atomic E-state index is -1.14. The van der Waals surface area contributed by atoms with Crippen LogP contribution in [0.2, 0.25) is 0 Å². The molecular formula is C19H21NO4S. The van der Waals surface area contributed by atoms with Crippen molar-refractivity contribution in [3.05, 3.63) is 53.3 Å². The summed E-state index contributed by atoms with van der Waals surface area (Å²) in [4.78, 5) is 25.4. The summed E-state index contributed by atoms with van der Waals surface area (Å²) in [6.45, 7) is 4.38. The van der Waals surface area contributed by atoms with Crippen molar-refractivity contribution in [2.75, 3.05) is 7.11 Å². The van der Waals surface area contributed by atoms with Crippen LogP contribution in [0.4, 0.5) is 0 Å². The van der Waals surface area contributed by atoms with Crippen LogP contribution in [0.3, 0.4) is 0 Å². The number of aromatic nitrogens is 1. The van der Waals surface area contributed by atoms with E-state index in [0.717, 1.165) is 5.69 Å². The maximum Gasteiger partial charge on any atom is 0.314 e. The third-order valence-corrected chi connectivity index (χ3v) is 6.06. The summed E-state index contributed by atoms with van der Waals surface area (Å²) in [6.07, 6.45) is 0.639. The molecule has 3 rings (SSSR count). The molecular weight excluding hydrogens is 338 g/mol. The first-order valence-electron chi connectivity index (χ1n) is 8.26. The highest BCUT2D eigenvalue weighted by Gasteiger charge is 2.32. The number of fused-ring (bicyclic) bond motifs is 1. The lowest BCUT2D eigenvalue weighted by Crippen LogP contribution is -2.12. The zero-order valence-corrected chi connectivity index (χ0v) is 15.3. The van der Waals surface area contributed by atoms with Gasteiger partial charge in [0.1, 0.15) is 0 Å². The minimum absolute atomic E-state index is 0.0105. The number of hydrogen-bond acceptors (Lipinski definition) is 4. The summed E-state index contributed by atoms with van der Waals surface area (Å²) < 4.78 is 19.0. The van der Waals surface area contributed by atoms with Crippen LogP contribution in [0.15, 0.2) is 41.3 Å². The van der Waals surface area contributed by atoms with E-state index < -0.39 is 10.8 Å². The predicted molar refractivity (Wildman–Crippen MR) is 95.2 cm³/mol. The summed E-state index contributed by atoms with van der Waals surface area (Å²) in [6, 6.07) is 10.5. The molecule has 25 heavy (non-hydrogen) atoms. The molecule has 1 aromatic heterocycles. The average molecular weight is 359 g/mol. The molecule has 2 unspecified atom stereocenters. The van der Waals surface area contributed by atoms with Gasteiger partial charge in [0.2, 0.25) is 5.78 Å². The largest absolute Gasteiger partial charge is 0.469 e. The van der Waals surface area contributed by atoms with E-state index >= 15 is 0 Å². The van der Waals surface area contributed by atoms with Gasteiger partial charge < -0.3 is 9.30 Å². The van der Waals surface area contributed by atoms with Gasteiger partial charge in [0.15, 0.2) is 0 Å². The second-order valence-corrected chi connectivity index (χ2v) is 8.37. The van der Waals surface area contributed by atoms with E-state index in [9.17, 15) is 13.8 Å². The lowest BCUT2D eigenvalue weighted by molar-refractivity contribution is -0.142. The van der Waals surface area contributed by atoms with Crippen LogP contribution < -0.4 is 0 Å². The van der Waals surface area contributed by atoms with Crippen molar-refractivity contribution in [2.45, 2.75) is 42.9 Å². The summed E-state index contributed by atoms with van der Waals surface area (Å²) >= 11 is 0. The second-order valence-electron chi connectivity index (χ2n) is 6.36. The third kappa shape index (κ3) is 3.18. The Bertz CT molecular complexity index is 853. The van der Waals surface area contributed by atoms with Gasteiger partial charge in [0.05, 0.1) is 29.5 Å². The molecule has 0 radical (unpaired) electrons. The van der Waals surface area contributed by atoms with E-state index in [1.165, 1.54) is 7.11 Å². The highest BCUT2D eigenvalue weighted by Crippen LogP contribution is 2.32. The summed E-state index contributed by atoms with van der Waals surface area (Å²) in [7, 11) is 0.234. The second kappa shape index (κ2) is 6.96. The number of nitrogens with zero attached hydrogens (tertiary/aromatic N) is 1. The Kier molecular flexibility index (Phi) is 4.90. The van der Waals surface area contributed by atoms with Gasteiger partial charge in [-0.05, 0) is 30.7 Å². The molecule has 5 nitrogen and oxygen atoms in total. The summed E-state index contributed by atoms with van der Waals surface area (Å²) in [5.74, 6) is -0.712. The van der Waals surface area contributed by atoms with Crippen LogP contribution in [0.1, 0.15) is 47.9 Å². The number of hydrogen-bond donors (Lipinski definition) is 0. The lowest BCUT2D eigenvalue weighted by Gasteiger charge is -2.09. The smallest absolute Gasteiger partial charge is 0.314 e. The standard InChI is InChI=1S/C19H21NO4S/c1-12(2)25(23)14-6-4-5-13(11-14)18(21)17-8-7-16-15(19(22)24-3)9-10-20(16)17/h4-8,11-12,15H,9-10H2,1-3H3. The molecule has 0 bridgehead atoms. The monoisotopic (exact) mass is 359 g/mol. The predicted octanol–water partition coefficient (Wildman–Crippen LogP) is 2.90. The summed E-state index contributed by atoms with van der Waals surface area (Å²) in [5.41, 5.74) is 1.87. The third-order valence-electron chi connectivity index (χ3n) is 4.49. The molecule has 2 atom stereocenters. The van der Waals surface area contributed by atoms with Crippen molar-refractivity contribution in [1.82, 2.24) is 4.57 Å². The minimum Gasteiger partial charge on any atom is -0.469 e. The van der Waals surface area contributed by atoms with Crippen LogP contribution in [0.5, 0.6) is 0 Å². The van der Waals surface area contributed by atoms with E-state index in [1.54, 1.807) is 30.3 Å². The lowest BCUT2D eigenvalue weighted by atomic mass is 10.1. The Morgan fingerprint density at radius 1 is 1.24 bits per heavy atom. The average Bonchev–Trinajstić information content (AvgIpc) is 3.21. The number of methoxy groups -OCH3 is 1. The van der Waals surface area contributed by atoms with Crippen molar-refractivity contribution in [1.29, 1.82) is 0 Å². The number of esters is 1. The number of rotatable bonds is 5. The van der Waals surface area contributed by atoms with Crippen LogP contribution >= 0.6 is 0 Å². The maximum atomic E-state index is 12.9. The molecule has 2 heterocycles. The molecule has 132 valence electrons. The van der Waals surface area contributed by atoms with Crippen molar-refractivity contribution in [2.24, 2.45) is 0 Å². The van der Waals surface area contributed by atoms with E-state index in [2.05, 4.69) is 0 Å². The molecule has 1 aromatic carbocycles. The molecule has 1 aliphatic rings. The van der Waals surface area contributed by atoms with Gasteiger partial charge in [0, 0.05) is 27.9 Å². The summed E-state index contributed by atoms with van der Waals surface area (Å²) in [5, 5.41) is -0.0105. The van der Waals surface area contributed by atoms with Gasteiger partial charge >= 0.3 is 5.97 Å². The Balaban J connectivity index is 1.92. The number of carbonyl (C=O) groups excluding carboxylic acids is 2. The molecule has 0 aliphatic carbocycles. The zero-order chi connectivity index (χ0) is 18.1. The van der Waals surface area contributed by atoms with E-state index in [-0.39, 0.29) is 22.9 Å². The fourth-order valence-corrected chi connectivity index (χ4v) is 4.21. The Morgan fingerprint density at radius 3 is 2.68 bits per heavy atom. The molecule has 1 aliphatic heterocycles. The van der Waals surface area contributed by atoms with E-state index in [0.29, 0.717) is 29.1 Å². The van der Waals surface area contributed by atoms with Crippen molar-refractivity contribution < 1.29 is 18.5 Å². The van der Waals surface area contributed by atoms with Gasteiger partial charge in [-0.15, -0.1) is 0 Å². The van der Waals surface area contributed by atoms with Gasteiger partial charge in [-0.3, -0.25) is 13.8 Å². The number of ether oxygens (including phenoxy) is 1. The van der Waals surface area contributed by atoms with Crippen LogP contribution in [0.25, 0.3) is 0 Å². The van der Waals surface area contributed by atoms with Crippen molar-refractivity contribution in [3.8, 4) is 0 Å². The van der Waals surface area contributed by atoms with Gasteiger partial charge in [-0.1, -0.05) is 26.0 Å². The molecule has 0 amide bonds. The molecule has 0 N–H and O–H groups in total. The Hall–Kier alpha value is -2.21. The number of benzene rings is 1. The fraction of sp³-hybridized carbons (Fsp3) is 0.368. The van der Waals surface area contributed by atoms with Crippen molar-refractivity contribution in [3.63, 3.8) is 0 Å². The van der Waals surface area contributed by atoms with Gasteiger partial charge in [-0.2, -0.15) is 0 Å². The first kappa shape index (κ1) is 17.6. The molecule has 0 saturated carbocycles. The first-order chi connectivity index (χ1) is 11.9. The van der Waals surface area contributed by atoms with Crippen LogP contribution in [0, 0.1) is 0 Å². The Morgan fingerprint density at radius 2 is 2.00 bits per heavy atom. The number of ketones is 1. The topological polar surface area (TPSA) is 65.4 Å². The van der Waals surface area contributed by atoms with Crippen molar-refractivity contribution >= 4 is 22.6 Å². The SMILES string of the molecule is COC(=O)C1CCn2c(C(=O)c3cccc(S(=O)C(C)C)c3)ccc21. The highest BCUT2D eigenvalue weighted by molar-refractivity contribution is 7.85. The molecule has 6 heteroatoms. The first-order valence-corrected chi connectivity index (χ1v) is 9.48. The van der Waals surface area contributed by atoms with E-state index in [4.69, 9.17) is 4.74 Å². The van der Waals surface area contributed by atoms with Gasteiger partial charge in [-0.25, -0.2) is 0 Å². The normalized spacial score (nSPS) is 17.4. The van der Waals surface area contributed by atoms with Gasteiger partial charge in [0.25, 0.3) is 0 Å². The Labute approximate surface area is 149 Å². The highest BCUT2D eigenvalue weighted by atomic mass is 32.2. The molecule has 2 aromatic rings. The number of carbonyl (C=O) groups is 2. The quantitative estimate of drug-likeness (QED) is 0.608. The maximum absolute atomic E-state index is 12.9. The molecule has 0 spiro atoms. The molecule has 0 fully saturated rings. The van der Waals surface area contributed by atoms with Crippen LogP contribution in [-0.2, 0) is 26.9 Å². The zero-order valence-electron chi connectivity index (χ0n) is 14.5. The van der Waals surface area contributed by atoms with E-state index in [1.807, 2.05) is 24.5 Å².